The van der Waals surface area contributed by atoms with E-state index in [0.717, 1.165) is 0 Å². The SMILES string of the molecule is CC(=O)N1CCN(c2ncccc2C(=O)O)CC1. The van der Waals surface area contributed by atoms with E-state index in [1.807, 2.05) is 4.90 Å². The molecule has 96 valence electrons. The van der Waals surface area contributed by atoms with Crippen LogP contribution in [0.2, 0.25) is 0 Å². The quantitative estimate of drug-likeness (QED) is 0.823. The van der Waals surface area contributed by atoms with Crippen LogP contribution in [0.15, 0.2) is 18.3 Å². The molecule has 0 unspecified atom stereocenters. The number of rotatable bonds is 2. The molecule has 0 radical (unpaired) electrons. The second kappa shape index (κ2) is 5.03. The number of piperazine rings is 1. The predicted octanol–water partition coefficient (Wildman–Crippen LogP) is 0.448. The van der Waals surface area contributed by atoms with Gasteiger partial charge in [-0.15, -0.1) is 0 Å². The van der Waals surface area contributed by atoms with Crippen LogP contribution < -0.4 is 4.90 Å². The van der Waals surface area contributed by atoms with E-state index in [1.165, 1.54) is 0 Å². The van der Waals surface area contributed by atoms with Crippen molar-refractivity contribution in [1.82, 2.24) is 9.88 Å². The van der Waals surface area contributed by atoms with Gasteiger partial charge in [0.05, 0.1) is 0 Å². The minimum Gasteiger partial charge on any atom is -0.478 e. The minimum atomic E-state index is -0.980. The van der Waals surface area contributed by atoms with Crippen molar-refractivity contribution in [3.63, 3.8) is 0 Å². The van der Waals surface area contributed by atoms with Crippen LogP contribution in [0.5, 0.6) is 0 Å². The summed E-state index contributed by atoms with van der Waals surface area (Å²) in [6.07, 6.45) is 1.58. The number of carboxylic acids is 1. The fourth-order valence-electron chi connectivity index (χ4n) is 2.05. The van der Waals surface area contributed by atoms with Gasteiger partial charge in [-0.2, -0.15) is 0 Å². The highest BCUT2D eigenvalue weighted by atomic mass is 16.4. The summed E-state index contributed by atoms with van der Waals surface area (Å²) in [6, 6.07) is 3.15. The number of aromatic carboxylic acids is 1. The number of carbonyl (C=O) groups is 2. The number of hydrogen-bond acceptors (Lipinski definition) is 4. The van der Waals surface area contributed by atoms with Gasteiger partial charge in [-0.1, -0.05) is 0 Å². The number of amides is 1. The van der Waals surface area contributed by atoms with Crippen molar-refractivity contribution in [1.29, 1.82) is 0 Å². The van der Waals surface area contributed by atoms with E-state index < -0.39 is 5.97 Å². The first-order valence-electron chi connectivity index (χ1n) is 5.78. The molecule has 6 nitrogen and oxygen atoms in total. The van der Waals surface area contributed by atoms with Crippen LogP contribution in [0.1, 0.15) is 17.3 Å². The monoisotopic (exact) mass is 249 g/mol. The first kappa shape index (κ1) is 12.3. The molecule has 1 aliphatic rings. The van der Waals surface area contributed by atoms with Gasteiger partial charge in [0.1, 0.15) is 11.4 Å². The fraction of sp³-hybridized carbons (Fsp3) is 0.417. The summed E-state index contributed by atoms with van der Waals surface area (Å²) >= 11 is 0. The Morgan fingerprint density at radius 1 is 1.28 bits per heavy atom. The van der Waals surface area contributed by atoms with Gasteiger partial charge >= 0.3 is 5.97 Å². The Kier molecular flexibility index (Phi) is 3.45. The zero-order chi connectivity index (χ0) is 13.1. The number of carbonyl (C=O) groups excluding carboxylic acids is 1. The molecule has 6 heteroatoms. The van der Waals surface area contributed by atoms with Crippen LogP contribution >= 0.6 is 0 Å². The zero-order valence-electron chi connectivity index (χ0n) is 10.2. The molecule has 1 aliphatic heterocycles. The van der Waals surface area contributed by atoms with Crippen LogP contribution in [-0.4, -0.2) is 53.0 Å². The van der Waals surface area contributed by atoms with E-state index in [9.17, 15) is 9.59 Å². The summed E-state index contributed by atoms with van der Waals surface area (Å²) in [5.74, 6) is -0.450. The Labute approximate surface area is 105 Å². The summed E-state index contributed by atoms with van der Waals surface area (Å²) in [5, 5.41) is 9.11. The lowest BCUT2D eigenvalue weighted by molar-refractivity contribution is -0.129. The molecule has 0 aromatic carbocycles. The Bertz CT molecular complexity index is 467. The molecule has 18 heavy (non-hydrogen) atoms. The fourth-order valence-corrected chi connectivity index (χ4v) is 2.05. The average Bonchev–Trinajstić information content (AvgIpc) is 2.39. The van der Waals surface area contributed by atoms with Crippen molar-refractivity contribution in [3.8, 4) is 0 Å². The lowest BCUT2D eigenvalue weighted by atomic mass is 10.2. The largest absolute Gasteiger partial charge is 0.478 e. The van der Waals surface area contributed by atoms with Crippen LogP contribution in [-0.2, 0) is 4.79 Å². The maximum Gasteiger partial charge on any atom is 0.339 e. The predicted molar refractivity (Wildman–Crippen MR) is 65.7 cm³/mol. The molecular weight excluding hydrogens is 234 g/mol. The first-order valence-corrected chi connectivity index (χ1v) is 5.78. The van der Waals surface area contributed by atoms with Crippen molar-refractivity contribution in [3.05, 3.63) is 23.9 Å². The summed E-state index contributed by atoms with van der Waals surface area (Å²) in [7, 11) is 0. The van der Waals surface area contributed by atoms with Crippen LogP contribution in [0, 0.1) is 0 Å². The second-order valence-electron chi connectivity index (χ2n) is 4.17. The van der Waals surface area contributed by atoms with Crippen molar-refractivity contribution < 1.29 is 14.7 Å². The Hall–Kier alpha value is -2.11. The highest BCUT2D eigenvalue weighted by Crippen LogP contribution is 2.18. The van der Waals surface area contributed by atoms with Gasteiger partial charge in [0, 0.05) is 39.3 Å². The van der Waals surface area contributed by atoms with Crippen LogP contribution in [0.4, 0.5) is 5.82 Å². The van der Waals surface area contributed by atoms with Crippen molar-refractivity contribution in [2.24, 2.45) is 0 Å². The van der Waals surface area contributed by atoms with Crippen molar-refractivity contribution >= 4 is 17.7 Å². The Morgan fingerprint density at radius 3 is 2.50 bits per heavy atom. The summed E-state index contributed by atoms with van der Waals surface area (Å²) in [4.78, 5) is 30.1. The molecule has 2 heterocycles. The lowest BCUT2D eigenvalue weighted by Crippen LogP contribution is -2.48. The van der Waals surface area contributed by atoms with Gasteiger partial charge in [-0.3, -0.25) is 4.79 Å². The summed E-state index contributed by atoms with van der Waals surface area (Å²) in [5.41, 5.74) is 0.203. The van der Waals surface area contributed by atoms with Crippen molar-refractivity contribution in [2.75, 3.05) is 31.1 Å². The molecule has 1 N–H and O–H groups in total. The van der Waals surface area contributed by atoms with E-state index in [-0.39, 0.29) is 11.5 Å². The molecule has 1 aromatic rings. The molecule has 1 fully saturated rings. The average molecular weight is 249 g/mol. The lowest BCUT2D eigenvalue weighted by Gasteiger charge is -2.35. The van der Waals surface area contributed by atoms with E-state index in [4.69, 9.17) is 5.11 Å². The third-order valence-corrected chi connectivity index (χ3v) is 3.04. The summed E-state index contributed by atoms with van der Waals surface area (Å²) in [6.45, 7) is 3.96. The van der Waals surface area contributed by atoms with Crippen LogP contribution in [0.3, 0.4) is 0 Å². The number of aromatic nitrogens is 1. The number of nitrogens with zero attached hydrogens (tertiary/aromatic N) is 3. The highest BCUT2D eigenvalue weighted by molar-refractivity contribution is 5.93. The molecule has 1 amide bonds. The van der Waals surface area contributed by atoms with E-state index in [0.29, 0.717) is 32.0 Å². The first-order chi connectivity index (χ1) is 8.59. The minimum absolute atomic E-state index is 0.0501. The van der Waals surface area contributed by atoms with E-state index >= 15 is 0 Å². The normalized spacial score (nSPS) is 15.6. The molecular formula is C12H15N3O3. The topological polar surface area (TPSA) is 73.7 Å². The molecule has 0 spiro atoms. The van der Waals surface area contributed by atoms with Gasteiger partial charge in [0.25, 0.3) is 0 Å². The van der Waals surface area contributed by atoms with Crippen LogP contribution in [0.25, 0.3) is 0 Å². The molecule has 0 atom stereocenters. The van der Waals surface area contributed by atoms with Gasteiger partial charge in [0.2, 0.25) is 5.91 Å². The standard InChI is InChI=1S/C12H15N3O3/c1-9(16)14-5-7-15(8-6-14)11-10(12(17)18)3-2-4-13-11/h2-4H,5-8H2,1H3,(H,17,18). The number of pyridine rings is 1. The highest BCUT2D eigenvalue weighted by Gasteiger charge is 2.23. The van der Waals surface area contributed by atoms with Gasteiger partial charge in [-0.05, 0) is 12.1 Å². The van der Waals surface area contributed by atoms with E-state index in [1.54, 1.807) is 30.2 Å². The second-order valence-corrected chi connectivity index (χ2v) is 4.17. The molecule has 1 saturated heterocycles. The molecule has 2 rings (SSSR count). The third kappa shape index (κ3) is 2.42. The van der Waals surface area contributed by atoms with Gasteiger partial charge in [0.15, 0.2) is 0 Å². The Balaban J connectivity index is 2.15. The number of carboxylic acid groups (broad SMARTS) is 1. The molecule has 0 saturated carbocycles. The summed E-state index contributed by atoms with van der Waals surface area (Å²) < 4.78 is 0. The number of anilines is 1. The Morgan fingerprint density at radius 2 is 1.94 bits per heavy atom. The molecule has 0 bridgehead atoms. The maximum atomic E-state index is 11.2. The third-order valence-electron chi connectivity index (χ3n) is 3.04. The van der Waals surface area contributed by atoms with Gasteiger partial charge < -0.3 is 14.9 Å². The smallest absolute Gasteiger partial charge is 0.339 e. The maximum absolute atomic E-state index is 11.2. The molecule has 0 aliphatic carbocycles. The number of hydrogen-bond donors (Lipinski definition) is 1. The van der Waals surface area contributed by atoms with E-state index in [2.05, 4.69) is 4.98 Å². The molecule has 1 aromatic heterocycles. The zero-order valence-corrected chi connectivity index (χ0v) is 10.2. The van der Waals surface area contributed by atoms with Crippen molar-refractivity contribution in [2.45, 2.75) is 6.92 Å². The van der Waals surface area contributed by atoms with Gasteiger partial charge in [-0.25, -0.2) is 9.78 Å².